The van der Waals surface area contributed by atoms with E-state index in [2.05, 4.69) is 0 Å². The van der Waals surface area contributed by atoms with E-state index < -0.39 is 11.8 Å². The van der Waals surface area contributed by atoms with Crippen LogP contribution in [-0.4, -0.2) is 54.4 Å². The van der Waals surface area contributed by atoms with Gasteiger partial charge in [-0.3, -0.25) is 9.59 Å². The maximum atomic E-state index is 11.9. The average Bonchev–Trinajstić information content (AvgIpc) is 2.46. The monoisotopic (exact) mass is 276 g/mol. The molecular formula is C15H20N2O3. The summed E-state index contributed by atoms with van der Waals surface area (Å²) in [6, 6.07) is 7.75. The normalized spacial score (nSPS) is 15.7. The van der Waals surface area contributed by atoms with E-state index in [0.717, 1.165) is 5.75 Å². The summed E-state index contributed by atoms with van der Waals surface area (Å²) in [5.74, 6) is -0.0544. The van der Waals surface area contributed by atoms with Crippen molar-refractivity contribution in [3.05, 3.63) is 29.8 Å². The lowest BCUT2D eigenvalue weighted by atomic mass is 10.2. The van der Waals surface area contributed by atoms with Crippen LogP contribution in [0.2, 0.25) is 0 Å². The van der Waals surface area contributed by atoms with Gasteiger partial charge in [-0.15, -0.1) is 0 Å². The molecule has 2 amide bonds. The fourth-order valence-corrected chi connectivity index (χ4v) is 2.14. The van der Waals surface area contributed by atoms with Crippen LogP contribution in [0.3, 0.4) is 0 Å². The molecule has 108 valence electrons. The zero-order chi connectivity index (χ0) is 14.5. The summed E-state index contributed by atoms with van der Waals surface area (Å²) >= 11 is 0. The summed E-state index contributed by atoms with van der Waals surface area (Å²) in [6.45, 7) is 6.49. The molecule has 0 spiro atoms. The van der Waals surface area contributed by atoms with E-state index in [1.807, 2.05) is 38.1 Å². The van der Waals surface area contributed by atoms with Crippen molar-refractivity contribution in [1.82, 2.24) is 9.80 Å². The number of piperazine rings is 1. The van der Waals surface area contributed by atoms with E-state index in [4.69, 9.17) is 4.74 Å². The first kappa shape index (κ1) is 14.4. The predicted octanol–water partition coefficient (Wildman–Crippen LogP) is 1.06. The molecule has 0 radical (unpaired) electrons. The minimum Gasteiger partial charge on any atom is -0.492 e. The molecule has 0 bridgehead atoms. The molecule has 1 aromatic rings. The third kappa shape index (κ3) is 3.29. The molecule has 0 aromatic heterocycles. The van der Waals surface area contributed by atoms with Crippen LogP contribution in [0.1, 0.15) is 12.5 Å². The second kappa shape index (κ2) is 6.41. The molecule has 5 heteroatoms. The Kier molecular flexibility index (Phi) is 4.61. The van der Waals surface area contributed by atoms with Gasteiger partial charge in [0.25, 0.3) is 0 Å². The zero-order valence-electron chi connectivity index (χ0n) is 12.0. The van der Waals surface area contributed by atoms with Crippen LogP contribution in [0.5, 0.6) is 5.75 Å². The van der Waals surface area contributed by atoms with Gasteiger partial charge in [0.15, 0.2) is 0 Å². The molecule has 5 nitrogen and oxygen atoms in total. The summed E-state index contributed by atoms with van der Waals surface area (Å²) < 4.78 is 5.58. The summed E-state index contributed by atoms with van der Waals surface area (Å²) in [7, 11) is 0. The third-order valence-electron chi connectivity index (χ3n) is 3.43. The van der Waals surface area contributed by atoms with Crippen molar-refractivity contribution in [2.24, 2.45) is 0 Å². The van der Waals surface area contributed by atoms with E-state index in [0.29, 0.717) is 32.8 Å². The highest BCUT2D eigenvalue weighted by molar-refractivity contribution is 6.35. The topological polar surface area (TPSA) is 49.9 Å². The maximum Gasteiger partial charge on any atom is 0.312 e. The number of benzene rings is 1. The van der Waals surface area contributed by atoms with Crippen LogP contribution in [0.15, 0.2) is 24.3 Å². The molecule has 1 aromatic carbocycles. The first-order chi connectivity index (χ1) is 9.61. The van der Waals surface area contributed by atoms with Crippen LogP contribution in [0.25, 0.3) is 0 Å². The Balaban J connectivity index is 1.81. The Morgan fingerprint density at radius 1 is 1.05 bits per heavy atom. The highest BCUT2D eigenvalue weighted by Gasteiger charge is 2.31. The van der Waals surface area contributed by atoms with Gasteiger partial charge in [-0.2, -0.15) is 0 Å². The van der Waals surface area contributed by atoms with E-state index >= 15 is 0 Å². The number of hydrogen-bond donors (Lipinski definition) is 0. The molecule has 0 unspecified atom stereocenters. The van der Waals surface area contributed by atoms with Gasteiger partial charge in [-0.25, -0.2) is 0 Å². The second-order valence-electron chi connectivity index (χ2n) is 4.84. The molecule has 1 heterocycles. The number of rotatable bonds is 5. The van der Waals surface area contributed by atoms with Gasteiger partial charge in [0.05, 0.1) is 6.54 Å². The highest BCUT2D eigenvalue weighted by Crippen LogP contribution is 2.11. The zero-order valence-corrected chi connectivity index (χ0v) is 12.0. The third-order valence-corrected chi connectivity index (χ3v) is 3.43. The van der Waals surface area contributed by atoms with Gasteiger partial charge in [-0.1, -0.05) is 17.7 Å². The molecule has 1 saturated heterocycles. The quantitative estimate of drug-likeness (QED) is 0.756. The lowest BCUT2D eigenvalue weighted by Crippen LogP contribution is -2.54. The largest absolute Gasteiger partial charge is 0.492 e. The second-order valence-corrected chi connectivity index (χ2v) is 4.84. The number of carbonyl (C=O) groups excluding carboxylic acids is 2. The van der Waals surface area contributed by atoms with Gasteiger partial charge in [0.1, 0.15) is 12.4 Å². The average molecular weight is 276 g/mol. The molecular weight excluding hydrogens is 256 g/mol. The number of likely N-dealkylation sites (N-methyl/N-ethyl adjacent to an activating group) is 1. The SMILES string of the molecule is CCN1CCN(CCOc2ccc(C)cc2)C(=O)C1=O. The fourth-order valence-electron chi connectivity index (χ4n) is 2.14. The highest BCUT2D eigenvalue weighted by atomic mass is 16.5. The Labute approximate surface area is 119 Å². The van der Waals surface area contributed by atoms with Crippen molar-refractivity contribution in [2.45, 2.75) is 13.8 Å². The Bertz CT molecular complexity index is 484. The maximum absolute atomic E-state index is 11.9. The smallest absolute Gasteiger partial charge is 0.312 e. The van der Waals surface area contributed by atoms with Crippen molar-refractivity contribution in [1.29, 1.82) is 0 Å². The standard InChI is InChI=1S/C15H20N2O3/c1-3-16-8-9-17(15(19)14(16)18)10-11-20-13-6-4-12(2)5-7-13/h4-7H,3,8-11H2,1-2H3. The first-order valence-corrected chi connectivity index (χ1v) is 6.89. The van der Waals surface area contributed by atoms with Crippen LogP contribution in [0, 0.1) is 6.92 Å². The molecule has 1 aliphatic rings. The minimum atomic E-state index is -0.425. The molecule has 0 atom stereocenters. The van der Waals surface area contributed by atoms with E-state index in [1.54, 1.807) is 9.80 Å². The van der Waals surface area contributed by atoms with Gasteiger partial charge >= 0.3 is 11.8 Å². The van der Waals surface area contributed by atoms with Crippen molar-refractivity contribution in [2.75, 3.05) is 32.8 Å². The van der Waals surface area contributed by atoms with Gasteiger partial charge in [0.2, 0.25) is 0 Å². The van der Waals surface area contributed by atoms with Crippen molar-refractivity contribution >= 4 is 11.8 Å². The summed E-state index contributed by atoms with van der Waals surface area (Å²) in [4.78, 5) is 26.7. The molecule has 20 heavy (non-hydrogen) atoms. The van der Waals surface area contributed by atoms with Crippen LogP contribution < -0.4 is 4.74 Å². The fraction of sp³-hybridized carbons (Fsp3) is 0.467. The van der Waals surface area contributed by atoms with Crippen molar-refractivity contribution < 1.29 is 14.3 Å². The molecule has 0 N–H and O–H groups in total. The summed E-state index contributed by atoms with van der Waals surface area (Å²) in [5, 5.41) is 0. The summed E-state index contributed by atoms with van der Waals surface area (Å²) in [5.41, 5.74) is 1.17. The van der Waals surface area contributed by atoms with Crippen LogP contribution >= 0.6 is 0 Å². The number of nitrogens with zero attached hydrogens (tertiary/aromatic N) is 2. The first-order valence-electron chi connectivity index (χ1n) is 6.89. The Morgan fingerprint density at radius 2 is 1.65 bits per heavy atom. The van der Waals surface area contributed by atoms with Crippen molar-refractivity contribution in [3.63, 3.8) is 0 Å². The van der Waals surface area contributed by atoms with E-state index in [-0.39, 0.29) is 0 Å². The van der Waals surface area contributed by atoms with Gasteiger partial charge in [0, 0.05) is 19.6 Å². The molecule has 1 aliphatic heterocycles. The van der Waals surface area contributed by atoms with Gasteiger partial charge < -0.3 is 14.5 Å². The Morgan fingerprint density at radius 3 is 2.30 bits per heavy atom. The number of amides is 2. The van der Waals surface area contributed by atoms with Crippen LogP contribution in [0.4, 0.5) is 0 Å². The molecule has 2 rings (SSSR count). The number of ether oxygens (including phenoxy) is 1. The predicted molar refractivity (Wildman–Crippen MR) is 75.5 cm³/mol. The molecule has 1 fully saturated rings. The number of hydrogen-bond acceptors (Lipinski definition) is 3. The Hall–Kier alpha value is -2.04. The minimum absolute atomic E-state index is 0.397. The molecule has 0 aliphatic carbocycles. The van der Waals surface area contributed by atoms with E-state index in [1.165, 1.54) is 5.56 Å². The molecule has 0 saturated carbocycles. The van der Waals surface area contributed by atoms with Crippen molar-refractivity contribution in [3.8, 4) is 5.75 Å². The van der Waals surface area contributed by atoms with Gasteiger partial charge in [-0.05, 0) is 26.0 Å². The number of aryl methyl sites for hydroxylation is 1. The number of carbonyl (C=O) groups is 2. The van der Waals surface area contributed by atoms with Crippen LogP contribution in [-0.2, 0) is 9.59 Å². The lowest BCUT2D eigenvalue weighted by molar-refractivity contribution is -0.156. The summed E-state index contributed by atoms with van der Waals surface area (Å²) in [6.07, 6.45) is 0. The lowest BCUT2D eigenvalue weighted by Gasteiger charge is -2.32. The van der Waals surface area contributed by atoms with E-state index in [9.17, 15) is 9.59 Å².